The number of rotatable bonds is 3. The summed E-state index contributed by atoms with van der Waals surface area (Å²) in [6, 6.07) is 13.1. The Labute approximate surface area is 167 Å². The van der Waals surface area contributed by atoms with Crippen LogP contribution in [-0.4, -0.2) is 45.8 Å². The number of imide groups is 1. The lowest BCUT2D eigenvalue weighted by atomic mass is 9.95. The highest BCUT2D eigenvalue weighted by Crippen LogP contribution is 2.32. The number of nitrogens with zero attached hydrogens (tertiary/aromatic N) is 3. The summed E-state index contributed by atoms with van der Waals surface area (Å²) in [5.74, 6) is 0.303. The van der Waals surface area contributed by atoms with Crippen molar-refractivity contribution in [2.24, 2.45) is 0 Å². The van der Waals surface area contributed by atoms with Crippen LogP contribution in [0.25, 0.3) is 11.0 Å². The fourth-order valence-electron chi connectivity index (χ4n) is 4.44. The van der Waals surface area contributed by atoms with Gasteiger partial charge in [-0.2, -0.15) is 0 Å². The van der Waals surface area contributed by atoms with E-state index < -0.39 is 11.9 Å². The molecule has 2 saturated heterocycles. The molecule has 0 radical (unpaired) electrons. The number of aromatic nitrogens is 2. The van der Waals surface area contributed by atoms with E-state index in [2.05, 4.69) is 9.88 Å². The first-order chi connectivity index (χ1) is 14.1. The highest BCUT2D eigenvalue weighted by atomic mass is 19.1. The maximum absolute atomic E-state index is 13.5. The van der Waals surface area contributed by atoms with Crippen LogP contribution >= 0.6 is 0 Å². The van der Waals surface area contributed by atoms with Crippen molar-refractivity contribution in [1.82, 2.24) is 14.9 Å². The molecule has 2 fully saturated rings. The van der Waals surface area contributed by atoms with Gasteiger partial charge in [0.2, 0.25) is 5.91 Å². The minimum atomic E-state index is -0.470. The molecule has 0 spiro atoms. The highest BCUT2D eigenvalue weighted by Gasteiger charge is 2.43. The number of hydrogen-bond acceptors (Lipinski definition) is 4. The average molecular weight is 392 g/mol. The molecule has 2 amide bonds. The minimum absolute atomic E-state index is 0.144. The zero-order valence-electron chi connectivity index (χ0n) is 15.8. The molecule has 1 N–H and O–H groups in total. The second-order valence-corrected chi connectivity index (χ2v) is 7.72. The molecule has 148 valence electrons. The van der Waals surface area contributed by atoms with Crippen LogP contribution in [0.3, 0.4) is 0 Å². The molecular formula is C22H21FN4O2. The van der Waals surface area contributed by atoms with E-state index >= 15 is 0 Å². The molecular weight excluding hydrogens is 371 g/mol. The molecule has 5 rings (SSSR count). The molecule has 2 aliphatic rings. The van der Waals surface area contributed by atoms with Gasteiger partial charge in [-0.3, -0.25) is 14.5 Å². The number of fused-ring (bicyclic) bond motifs is 1. The molecule has 0 bridgehead atoms. The van der Waals surface area contributed by atoms with Crippen molar-refractivity contribution >= 4 is 28.5 Å². The summed E-state index contributed by atoms with van der Waals surface area (Å²) in [5.41, 5.74) is 2.30. The number of carbonyl (C=O) groups excluding carboxylic acids is 2. The monoisotopic (exact) mass is 392 g/mol. The number of anilines is 1. The van der Waals surface area contributed by atoms with E-state index in [1.54, 1.807) is 6.07 Å². The van der Waals surface area contributed by atoms with Gasteiger partial charge in [-0.05, 0) is 56.3 Å². The van der Waals surface area contributed by atoms with Crippen LogP contribution in [0.5, 0.6) is 0 Å². The number of imidazole rings is 1. The van der Waals surface area contributed by atoms with Crippen LogP contribution in [0.15, 0.2) is 48.5 Å². The SMILES string of the molecule is O=C1C[C@@H](N2CCC(c3nc4ccccc4[nH]3)CC2)C(=O)N1c1cccc(F)c1. The fraction of sp³-hybridized carbons (Fsp3) is 0.318. The molecule has 7 heteroatoms. The van der Waals surface area contributed by atoms with E-state index in [9.17, 15) is 14.0 Å². The maximum Gasteiger partial charge on any atom is 0.251 e. The molecule has 6 nitrogen and oxygen atoms in total. The van der Waals surface area contributed by atoms with E-state index in [0.717, 1.165) is 47.7 Å². The second kappa shape index (κ2) is 7.08. The molecule has 0 unspecified atom stereocenters. The molecule has 1 aromatic heterocycles. The zero-order chi connectivity index (χ0) is 20.0. The second-order valence-electron chi connectivity index (χ2n) is 7.72. The van der Waals surface area contributed by atoms with E-state index in [4.69, 9.17) is 4.98 Å². The Bertz CT molecular complexity index is 1050. The number of halogens is 1. The largest absolute Gasteiger partial charge is 0.342 e. The highest BCUT2D eigenvalue weighted by molar-refractivity contribution is 6.22. The Hall–Kier alpha value is -3.06. The Morgan fingerprint density at radius 3 is 2.59 bits per heavy atom. The van der Waals surface area contributed by atoms with Crippen molar-refractivity contribution in [2.45, 2.75) is 31.2 Å². The Balaban J connectivity index is 1.28. The first-order valence-corrected chi connectivity index (χ1v) is 9.91. The summed E-state index contributed by atoms with van der Waals surface area (Å²) in [6.07, 6.45) is 1.89. The molecule has 1 atom stereocenters. The van der Waals surface area contributed by atoms with Gasteiger partial charge < -0.3 is 4.98 Å². The number of H-pyrrole nitrogens is 1. The van der Waals surface area contributed by atoms with Gasteiger partial charge in [0.15, 0.2) is 0 Å². The van der Waals surface area contributed by atoms with E-state index in [1.165, 1.54) is 18.2 Å². The first kappa shape index (κ1) is 18.0. The summed E-state index contributed by atoms with van der Waals surface area (Å²) in [5, 5.41) is 0. The van der Waals surface area contributed by atoms with Crippen LogP contribution in [0.4, 0.5) is 10.1 Å². The van der Waals surface area contributed by atoms with Crippen molar-refractivity contribution < 1.29 is 14.0 Å². The smallest absolute Gasteiger partial charge is 0.251 e. The molecule has 2 aliphatic heterocycles. The topological polar surface area (TPSA) is 69.3 Å². The van der Waals surface area contributed by atoms with Crippen LogP contribution < -0.4 is 4.90 Å². The van der Waals surface area contributed by atoms with E-state index in [0.29, 0.717) is 11.6 Å². The van der Waals surface area contributed by atoms with Crippen molar-refractivity contribution in [1.29, 1.82) is 0 Å². The fourth-order valence-corrected chi connectivity index (χ4v) is 4.44. The number of likely N-dealkylation sites (tertiary alicyclic amines) is 1. The molecule has 0 aliphatic carbocycles. The van der Waals surface area contributed by atoms with E-state index in [1.807, 2.05) is 24.3 Å². The predicted octanol–water partition coefficient (Wildman–Crippen LogP) is 3.21. The molecule has 2 aromatic carbocycles. The standard InChI is InChI=1S/C22H21FN4O2/c23-15-4-3-5-16(12-15)27-20(28)13-19(22(27)29)26-10-8-14(9-11-26)21-24-17-6-1-2-7-18(17)25-21/h1-7,12,14,19H,8-11,13H2,(H,24,25)/t19-/m1/s1. The number of carbonyl (C=O) groups is 2. The summed E-state index contributed by atoms with van der Waals surface area (Å²) in [7, 11) is 0. The molecule has 29 heavy (non-hydrogen) atoms. The van der Waals surface area contributed by atoms with Gasteiger partial charge in [0, 0.05) is 5.92 Å². The number of nitrogens with one attached hydrogen (secondary N) is 1. The molecule has 0 saturated carbocycles. The van der Waals surface area contributed by atoms with Crippen LogP contribution in [-0.2, 0) is 9.59 Å². The van der Waals surface area contributed by atoms with Gasteiger partial charge in [0.1, 0.15) is 11.6 Å². The van der Waals surface area contributed by atoms with Gasteiger partial charge in [0.05, 0.1) is 29.2 Å². The third kappa shape index (κ3) is 3.21. The Morgan fingerprint density at radius 1 is 1.03 bits per heavy atom. The lowest BCUT2D eigenvalue weighted by molar-refractivity contribution is -0.123. The lowest BCUT2D eigenvalue weighted by Gasteiger charge is -2.34. The quantitative estimate of drug-likeness (QED) is 0.695. The number of piperidine rings is 1. The van der Waals surface area contributed by atoms with Crippen molar-refractivity contribution in [3.63, 3.8) is 0 Å². The third-order valence-corrected chi connectivity index (χ3v) is 5.95. The number of para-hydroxylation sites is 2. The first-order valence-electron chi connectivity index (χ1n) is 9.91. The van der Waals surface area contributed by atoms with Crippen LogP contribution in [0.2, 0.25) is 0 Å². The van der Waals surface area contributed by atoms with Crippen molar-refractivity contribution in [3.8, 4) is 0 Å². The van der Waals surface area contributed by atoms with Crippen molar-refractivity contribution in [2.75, 3.05) is 18.0 Å². The zero-order valence-corrected chi connectivity index (χ0v) is 15.8. The minimum Gasteiger partial charge on any atom is -0.342 e. The summed E-state index contributed by atoms with van der Waals surface area (Å²) in [4.78, 5) is 36.7. The third-order valence-electron chi connectivity index (χ3n) is 5.95. The predicted molar refractivity (Wildman–Crippen MR) is 107 cm³/mol. The van der Waals surface area contributed by atoms with Gasteiger partial charge in [-0.1, -0.05) is 18.2 Å². The van der Waals surface area contributed by atoms with Crippen LogP contribution in [0.1, 0.15) is 31.0 Å². The summed E-state index contributed by atoms with van der Waals surface area (Å²) >= 11 is 0. The Kier molecular flexibility index (Phi) is 4.39. The Morgan fingerprint density at radius 2 is 1.83 bits per heavy atom. The summed E-state index contributed by atoms with van der Waals surface area (Å²) < 4.78 is 13.5. The number of amides is 2. The summed E-state index contributed by atoms with van der Waals surface area (Å²) in [6.45, 7) is 1.45. The molecule has 3 aromatic rings. The van der Waals surface area contributed by atoms with Gasteiger partial charge in [0.25, 0.3) is 5.91 Å². The van der Waals surface area contributed by atoms with Crippen molar-refractivity contribution in [3.05, 3.63) is 60.2 Å². The van der Waals surface area contributed by atoms with Gasteiger partial charge in [-0.15, -0.1) is 0 Å². The number of hydrogen-bond donors (Lipinski definition) is 1. The normalized spacial score (nSPS) is 21.4. The van der Waals surface area contributed by atoms with Gasteiger partial charge >= 0.3 is 0 Å². The molecule has 3 heterocycles. The van der Waals surface area contributed by atoms with Crippen LogP contribution in [0, 0.1) is 5.82 Å². The number of benzene rings is 2. The average Bonchev–Trinajstić information content (AvgIpc) is 3.29. The van der Waals surface area contributed by atoms with Gasteiger partial charge in [-0.25, -0.2) is 14.3 Å². The number of aromatic amines is 1. The maximum atomic E-state index is 13.5. The lowest BCUT2D eigenvalue weighted by Crippen LogP contribution is -2.45. The van der Waals surface area contributed by atoms with E-state index in [-0.39, 0.29) is 18.2 Å².